The fourth-order valence-electron chi connectivity index (χ4n) is 5.98. The molecule has 0 radical (unpaired) electrons. The topological polar surface area (TPSA) is 74.7 Å². The molecular formula is C25H16ClNO4. The highest BCUT2D eigenvalue weighted by atomic mass is 35.5. The van der Waals surface area contributed by atoms with Gasteiger partial charge in [-0.15, -0.1) is 0 Å². The van der Waals surface area contributed by atoms with Crippen LogP contribution >= 0.6 is 11.6 Å². The molecule has 1 heterocycles. The largest absolute Gasteiger partial charge is 0.480 e. The summed E-state index contributed by atoms with van der Waals surface area (Å²) in [5.74, 6) is -4.11. The second kappa shape index (κ2) is 6.05. The summed E-state index contributed by atoms with van der Waals surface area (Å²) in [6.45, 7) is 0. The standard InChI is InChI=1S/C25H16ClNO4/c26-13-9-11-14(12-10-13)27-22(28)20-19-15-5-1-3-7-17(15)25(24(30)31,21(20)23(27)29)18-8-4-2-6-16(18)19/h1-12,19-21H,(H,30,31). The zero-order valence-corrected chi connectivity index (χ0v) is 16.9. The van der Waals surface area contributed by atoms with Gasteiger partial charge >= 0.3 is 5.97 Å². The summed E-state index contributed by atoms with van der Waals surface area (Å²) in [4.78, 5) is 41.6. The zero-order chi connectivity index (χ0) is 21.5. The Bertz CT molecular complexity index is 1250. The van der Waals surface area contributed by atoms with Crippen LogP contribution in [0.5, 0.6) is 0 Å². The van der Waals surface area contributed by atoms with E-state index in [1.54, 1.807) is 48.5 Å². The molecule has 3 aliphatic carbocycles. The number of hydrogen-bond acceptors (Lipinski definition) is 3. The third-order valence-corrected chi connectivity index (χ3v) is 7.29. The number of hydrogen-bond donors (Lipinski definition) is 1. The number of amides is 2. The lowest BCUT2D eigenvalue weighted by Gasteiger charge is -2.51. The lowest BCUT2D eigenvalue weighted by Crippen LogP contribution is -2.57. The first-order valence-corrected chi connectivity index (χ1v) is 10.4. The molecule has 2 atom stereocenters. The number of imide groups is 1. The van der Waals surface area contributed by atoms with Crippen LogP contribution < -0.4 is 4.90 Å². The van der Waals surface area contributed by atoms with Crippen LogP contribution in [-0.2, 0) is 19.8 Å². The Labute approximate surface area is 182 Å². The Balaban J connectivity index is 1.67. The van der Waals surface area contributed by atoms with Crippen LogP contribution in [0.1, 0.15) is 28.2 Å². The van der Waals surface area contributed by atoms with Crippen molar-refractivity contribution in [3.05, 3.63) is 100 Å². The van der Waals surface area contributed by atoms with Gasteiger partial charge < -0.3 is 5.11 Å². The van der Waals surface area contributed by atoms with Gasteiger partial charge in [-0.05, 0) is 46.5 Å². The van der Waals surface area contributed by atoms with Gasteiger partial charge in [-0.2, -0.15) is 0 Å². The average molecular weight is 430 g/mol. The smallest absolute Gasteiger partial charge is 0.319 e. The first-order valence-electron chi connectivity index (χ1n) is 10.0. The van der Waals surface area contributed by atoms with Crippen molar-refractivity contribution in [3.8, 4) is 0 Å². The Morgan fingerprint density at radius 3 is 1.94 bits per heavy atom. The Morgan fingerprint density at radius 1 is 0.839 bits per heavy atom. The Morgan fingerprint density at radius 2 is 1.39 bits per heavy atom. The molecule has 2 amide bonds. The highest BCUT2D eigenvalue weighted by Crippen LogP contribution is 2.64. The molecule has 3 aromatic rings. The molecule has 0 spiro atoms. The summed E-state index contributed by atoms with van der Waals surface area (Å²) in [5.41, 5.74) is 1.62. The van der Waals surface area contributed by atoms with E-state index in [1.807, 2.05) is 24.3 Å². The van der Waals surface area contributed by atoms with Gasteiger partial charge in [0.25, 0.3) is 0 Å². The molecular weight excluding hydrogens is 414 g/mol. The minimum Gasteiger partial charge on any atom is -0.480 e. The van der Waals surface area contributed by atoms with Crippen LogP contribution in [0.25, 0.3) is 0 Å². The third-order valence-electron chi connectivity index (χ3n) is 7.04. The van der Waals surface area contributed by atoms with E-state index < -0.39 is 29.1 Å². The SMILES string of the molecule is O=C1C2C3c4ccccc4C(C(=O)O)(c4ccccc43)C2C(=O)N1c1ccc(Cl)cc1. The van der Waals surface area contributed by atoms with E-state index in [1.165, 1.54) is 0 Å². The molecule has 0 saturated carbocycles. The molecule has 5 nitrogen and oxygen atoms in total. The Kier molecular flexibility index (Phi) is 3.58. The molecule has 2 unspecified atom stereocenters. The van der Waals surface area contributed by atoms with Crippen molar-refractivity contribution in [2.45, 2.75) is 11.3 Å². The predicted molar refractivity (Wildman–Crippen MR) is 114 cm³/mol. The van der Waals surface area contributed by atoms with Crippen LogP contribution in [0.2, 0.25) is 5.02 Å². The number of nitrogens with zero attached hydrogens (tertiary/aromatic N) is 1. The van der Waals surface area contributed by atoms with Gasteiger partial charge in [0.15, 0.2) is 0 Å². The third kappa shape index (κ3) is 2.04. The van der Waals surface area contributed by atoms with Crippen LogP contribution in [0.15, 0.2) is 72.8 Å². The van der Waals surface area contributed by atoms with Crippen molar-refractivity contribution in [1.29, 1.82) is 0 Å². The fourth-order valence-corrected chi connectivity index (χ4v) is 6.11. The molecule has 152 valence electrons. The average Bonchev–Trinajstić information content (AvgIpc) is 3.05. The molecule has 7 rings (SSSR count). The van der Waals surface area contributed by atoms with E-state index in [4.69, 9.17) is 11.6 Å². The van der Waals surface area contributed by atoms with Gasteiger partial charge in [0, 0.05) is 10.9 Å². The number of benzene rings is 3. The van der Waals surface area contributed by atoms with Crippen LogP contribution in [0, 0.1) is 11.8 Å². The molecule has 3 aromatic carbocycles. The molecule has 1 saturated heterocycles. The second-order valence-electron chi connectivity index (χ2n) is 8.26. The molecule has 2 bridgehead atoms. The van der Waals surface area contributed by atoms with Gasteiger partial charge in [-0.25, -0.2) is 4.90 Å². The highest BCUT2D eigenvalue weighted by molar-refractivity contribution is 6.31. The number of halogens is 1. The van der Waals surface area contributed by atoms with Crippen molar-refractivity contribution in [2.24, 2.45) is 11.8 Å². The monoisotopic (exact) mass is 429 g/mol. The van der Waals surface area contributed by atoms with Crippen molar-refractivity contribution in [3.63, 3.8) is 0 Å². The maximum atomic E-state index is 13.8. The normalized spacial score (nSPS) is 27.6. The number of carbonyl (C=O) groups excluding carboxylic acids is 2. The van der Waals surface area contributed by atoms with Crippen molar-refractivity contribution in [2.75, 3.05) is 4.90 Å². The summed E-state index contributed by atoms with van der Waals surface area (Å²) >= 11 is 5.99. The van der Waals surface area contributed by atoms with Gasteiger partial charge in [-0.3, -0.25) is 14.4 Å². The van der Waals surface area contributed by atoms with E-state index in [2.05, 4.69) is 0 Å². The maximum absolute atomic E-state index is 13.8. The Hall–Kier alpha value is -3.44. The van der Waals surface area contributed by atoms with Crippen LogP contribution in [0.3, 0.4) is 0 Å². The molecule has 6 heteroatoms. The minimum absolute atomic E-state index is 0.364. The highest BCUT2D eigenvalue weighted by Gasteiger charge is 2.71. The molecule has 1 N–H and O–H groups in total. The number of anilines is 1. The summed E-state index contributed by atoms with van der Waals surface area (Å²) in [5, 5.41) is 11.1. The minimum atomic E-state index is -1.61. The van der Waals surface area contributed by atoms with Gasteiger partial charge in [0.05, 0.1) is 17.5 Å². The van der Waals surface area contributed by atoms with E-state index in [0.717, 1.165) is 16.0 Å². The predicted octanol–water partition coefficient (Wildman–Crippen LogP) is 3.98. The van der Waals surface area contributed by atoms with E-state index in [9.17, 15) is 19.5 Å². The van der Waals surface area contributed by atoms with E-state index in [-0.39, 0.29) is 11.8 Å². The van der Waals surface area contributed by atoms with Gasteiger partial charge in [-0.1, -0.05) is 60.1 Å². The molecule has 4 aliphatic rings. The lowest BCUT2D eigenvalue weighted by molar-refractivity contribution is -0.149. The van der Waals surface area contributed by atoms with Crippen molar-refractivity contribution >= 4 is 35.1 Å². The zero-order valence-electron chi connectivity index (χ0n) is 16.2. The van der Waals surface area contributed by atoms with E-state index in [0.29, 0.717) is 21.8 Å². The molecule has 1 fully saturated rings. The summed E-state index contributed by atoms with van der Waals surface area (Å²) in [6, 6.07) is 21.1. The first-order chi connectivity index (χ1) is 15.0. The number of aliphatic carboxylic acids is 1. The van der Waals surface area contributed by atoms with Gasteiger partial charge in [0.2, 0.25) is 11.8 Å². The first kappa shape index (κ1) is 18.3. The van der Waals surface area contributed by atoms with E-state index >= 15 is 0 Å². The molecule has 1 aliphatic heterocycles. The maximum Gasteiger partial charge on any atom is 0.319 e. The fraction of sp³-hybridized carbons (Fsp3) is 0.160. The number of carboxylic acid groups (broad SMARTS) is 1. The number of rotatable bonds is 2. The molecule has 31 heavy (non-hydrogen) atoms. The molecule has 0 aromatic heterocycles. The van der Waals surface area contributed by atoms with Crippen molar-refractivity contribution in [1.82, 2.24) is 0 Å². The quantitative estimate of drug-likeness (QED) is 0.625. The van der Waals surface area contributed by atoms with Gasteiger partial charge in [0.1, 0.15) is 5.41 Å². The number of carbonyl (C=O) groups is 3. The summed E-state index contributed by atoms with van der Waals surface area (Å²) in [7, 11) is 0. The summed E-state index contributed by atoms with van der Waals surface area (Å²) in [6.07, 6.45) is 0. The van der Waals surface area contributed by atoms with Crippen LogP contribution in [0.4, 0.5) is 5.69 Å². The second-order valence-corrected chi connectivity index (χ2v) is 8.69. The van der Waals surface area contributed by atoms with Crippen molar-refractivity contribution < 1.29 is 19.5 Å². The lowest BCUT2D eigenvalue weighted by atomic mass is 9.47. The number of carboxylic acids is 1. The van der Waals surface area contributed by atoms with Crippen LogP contribution in [-0.4, -0.2) is 22.9 Å². The summed E-state index contributed by atoms with van der Waals surface area (Å²) < 4.78 is 0.